The molecule has 0 bridgehead atoms. The van der Waals surface area contributed by atoms with Crippen LogP contribution >= 0.6 is 23.1 Å². The molecule has 2 rings (SSSR count). The molecule has 0 amide bonds. The van der Waals surface area contributed by atoms with Crippen LogP contribution in [0, 0.1) is 0 Å². The van der Waals surface area contributed by atoms with Gasteiger partial charge in [-0.2, -0.15) is 0 Å². The van der Waals surface area contributed by atoms with E-state index in [0.717, 1.165) is 15.1 Å². The number of methoxy groups -OCH3 is 1. The normalized spacial score (nSPS) is 10.5. The molecule has 0 atom stereocenters. The number of thioether (sulfide) groups is 1. The Kier molecular flexibility index (Phi) is 2.93. The SMILES string of the molecule is COC(=O)c1sc2ncccc2c1SC. The maximum Gasteiger partial charge on any atom is 0.349 e. The summed E-state index contributed by atoms with van der Waals surface area (Å²) in [5.41, 5.74) is 0. The van der Waals surface area contributed by atoms with E-state index in [1.807, 2.05) is 18.4 Å². The van der Waals surface area contributed by atoms with Crippen LogP contribution in [0.25, 0.3) is 10.2 Å². The summed E-state index contributed by atoms with van der Waals surface area (Å²) in [6.07, 6.45) is 3.67. The van der Waals surface area contributed by atoms with Gasteiger partial charge in [-0.15, -0.1) is 23.1 Å². The van der Waals surface area contributed by atoms with Gasteiger partial charge in [-0.05, 0) is 18.4 Å². The van der Waals surface area contributed by atoms with E-state index in [-0.39, 0.29) is 5.97 Å². The Morgan fingerprint density at radius 1 is 1.60 bits per heavy atom. The van der Waals surface area contributed by atoms with E-state index in [1.165, 1.54) is 18.4 Å². The summed E-state index contributed by atoms with van der Waals surface area (Å²) in [5, 5.41) is 1.02. The van der Waals surface area contributed by atoms with E-state index in [2.05, 4.69) is 4.98 Å². The maximum atomic E-state index is 11.5. The summed E-state index contributed by atoms with van der Waals surface area (Å²) in [7, 11) is 1.39. The average molecular weight is 239 g/mol. The van der Waals surface area contributed by atoms with Crippen LogP contribution in [0.4, 0.5) is 0 Å². The first-order valence-corrected chi connectivity index (χ1v) is 6.32. The summed E-state index contributed by atoms with van der Waals surface area (Å²) in [6, 6.07) is 3.84. The lowest BCUT2D eigenvalue weighted by atomic mass is 10.3. The minimum absolute atomic E-state index is 0.289. The fourth-order valence-electron chi connectivity index (χ4n) is 1.34. The fraction of sp³-hybridized carbons (Fsp3) is 0.200. The number of nitrogens with zero attached hydrogens (tertiary/aromatic N) is 1. The molecule has 0 aliphatic carbocycles. The molecule has 78 valence electrons. The Balaban J connectivity index is 2.69. The largest absolute Gasteiger partial charge is 0.465 e. The predicted octanol–water partition coefficient (Wildman–Crippen LogP) is 2.80. The Labute approximate surface area is 95.5 Å². The zero-order valence-corrected chi connectivity index (χ0v) is 9.95. The number of hydrogen-bond acceptors (Lipinski definition) is 5. The fourth-order valence-corrected chi connectivity index (χ4v) is 3.39. The van der Waals surface area contributed by atoms with Crippen LogP contribution in [-0.4, -0.2) is 24.3 Å². The first-order chi connectivity index (χ1) is 7.27. The minimum Gasteiger partial charge on any atom is -0.465 e. The topological polar surface area (TPSA) is 39.2 Å². The molecule has 0 aliphatic heterocycles. The number of pyridine rings is 1. The van der Waals surface area contributed by atoms with Crippen molar-refractivity contribution in [1.82, 2.24) is 4.98 Å². The smallest absolute Gasteiger partial charge is 0.349 e. The zero-order chi connectivity index (χ0) is 10.8. The molecule has 0 fully saturated rings. The molecular formula is C10H9NO2S2. The molecule has 0 saturated carbocycles. The van der Waals surface area contributed by atoms with Crippen LogP contribution in [0.15, 0.2) is 23.2 Å². The van der Waals surface area contributed by atoms with Crippen LogP contribution in [0.1, 0.15) is 9.67 Å². The van der Waals surface area contributed by atoms with Crippen molar-refractivity contribution in [2.45, 2.75) is 4.90 Å². The van der Waals surface area contributed by atoms with E-state index in [9.17, 15) is 4.79 Å². The average Bonchev–Trinajstić information content (AvgIpc) is 2.66. The van der Waals surface area contributed by atoms with E-state index >= 15 is 0 Å². The molecule has 2 aromatic heterocycles. The number of hydrogen-bond donors (Lipinski definition) is 0. The summed E-state index contributed by atoms with van der Waals surface area (Å²) in [5.74, 6) is -0.289. The minimum atomic E-state index is -0.289. The Morgan fingerprint density at radius 2 is 2.40 bits per heavy atom. The van der Waals surface area contributed by atoms with Gasteiger partial charge in [0.05, 0.1) is 7.11 Å². The van der Waals surface area contributed by atoms with Crippen LogP contribution in [0.5, 0.6) is 0 Å². The molecule has 0 saturated heterocycles. The summed E-state index contributed by atoms with van der Waals surface area (Å²) in [6.45, 7) is 0. The van der Waals surface area contributed by atoms with Gasteiger partial charge in [0.2, 0.25) is 0 Å². The summed E-state index contributed by atoms with van der Waals surface area (Å²) >= 11 is 2.92. The van der Waals surface area contributed by atoms with Gasteiger partial charge in [0, 0.05) is 16.5 Å². The van der Waals surface area contributed by atoms with Crippen molar-refractivity contribution in [3.63, 3.8) is 0 Å². The van der Waals surface area contributed by atoms with Gasteiger partial charge in [-0.25, -0.2) is 9.78 Å². The second-order valence-corrected chi connectivity index (χ2v) is 4.63. The van der Waals surface area contributed by atoms with E-state index < -0.39 is 0 Å². The van der Waals surface area contributed by atoms with Gasteiger partial charge < -0.3 is 4.74 Å². The highest BCUT2D eigenvalue weighted by Crippen LogP contribution is 2.36. The van der Waals surface area contributed by atoms with Gasteiger partial charge in [0.1, 0.15) is 9.71 Å². The summed E-state index contributed by atoms with van der Waals surface area (Å²) in [4.78, 5) is 18.2. The molecule has 15 heavy (non-hydrogen) atoms. The molecule has 0 unspecified atom stereocenters. The molecule has 0 spiro atoms. The van der Waals surface area contributed by atoms with Crippen LogP contribution in [-0.2, 0) is 4.74 Å². The molecule has 0 aromatic carbocycles. The lowest BCUT2D eigenvalue weighted by Gasteiger charge is -1.98. The highest BCUT2D eigenvalue weighted by atomic mass is 32.2. The molecule has 2 heterocycles. The van der Waals surface area contributed by atoms with Crippen molar-refractivity contribution in [2.75, 3.05) is 13.4 Å². The van der Waals surface area contributed by atoms with Gasteiger partial charge >= 0.3 is 5.97 Å². The molecule has 0 aliphatic rings. The zero-order valence-electron chi connectivity index (χ0n) is 8.31. The number of thiophene rings is 1. The number of rotatable bonds is 2. The third-order valence-corrected chi connectivity index (χ3v) is 4.05. The van der Waals surface area contributed by atoms with Crippen LogP contribution in [0.3, 0.4) is 0 Å². The molecule has 0 N–H and O–H groups in total. The van der Waals surface area contributed by atoms with Crippen LogP contribution < -0.4 is 0 Å². The Morgan fingerprint density at radius 3 is 3.07 bits per heavy atom. The monoisotopic (exact) mass is 239 g/mol. The molecule has 0 radical (unpaired) electrons. The van der Waals surface area contributed by atoms with Crippen molar-refractivity contribution >= 4 is 39.3 Å². The Bertz CT molecular complexity index is 507. The molecule has 5 heteroatoms. The highest BCUT2D eigenvalue weighted by molar-refractivity contribution is 7.99. The van der Waals surface area contributed by atoms with Gasteiger partial charge in [0.15, 0.2) is 0 Å². The van der Waals surface area contributed by atoms with Crippen molar-refractivity contribution < 1.29 is 9.53 Å². The van der Waals surface area contributed by atoms with Gasteiger partial charge in [0.25, 0.3) is 0 Å². The Hall–Kier alpha value is -1.07. The van der Waals surface area contributed by atoms with E-state index in [0.29, 0.717) is 4.88 Å². The third-order valence-electron chi connectivity index (χ3n) is 2.00. The van der Waals surface area contributed by atoms with E-state index in [4.69, 9.17) is 4.74 Å². The first kappa shape index (κ1) is 10.4. The van der Waals surface area contributed by atoms with Crippen molar-refractivity contribution in [1.29, 1.82) is 0 Å². The number of carbonyl (C=O) groups is 1. The molecule has 2 aromatic rings. The molecular weight excluding hydrogens is 230 g/mol. The molecule has 3 nitrogen and oxygen atoms in total. The third kappa shape index (κ3) is 1.72. The second-order valence-electron chi connectivity index (χ2n) is 2.81. The second kappa shape index (κ2) is 4.20. The quantitative estimate of drug-likeness (QED) is 0.596. The van der Waals surface area contributed by atoms with Crippen molar-refractivity contribution in [3.05, 3.63) is 23.2 Å². The number of aromatic nitrogens is 1. The van der Waals surface area contributed by atoms with E-state index in [1.54, 1.807) is 18.0 Å². The number of ether oxygens (including phenoxy) is 1. The summed E-state index contributed by atoms with van der Waals surface area (Å²) < 4.78 is 4.74. The van der Waals surface area contributed by atoms with Gasteiger partial charge in [-0.1, -0.05) is 0 Å². The van der Waals surface area contributed by atoms with Gasteiger partial charge in [-0.3, -0.25) is 0 Å². The highest BCUT2D eigenvalue weighted by Gasteiger charge is 2.18. The predicted molar refractivity (Wildman–Crippen MR) is 62.7 cm³/mol. The lowest BCUT2D eigenvalue weighted by Crippen LogP contribution is -1.98. The first-order valence-electron chi connectivity index (χ1n) is 4.27. The van der Waals surface area contributed by atoms with Crippen molar-refractivity contribution in [2.24, 2.45) is 0 Å². The number of fused-ring (bicyclic) bond motifs is 1. The number of esters is 1. The van der Waals surface area contributed by atoms with Crippen molar-refractivity contribution in [3.8, 4) is 0 Å². The maximum absolute atomic E-state index is 11.5. The lowest BCUT2D eigenvalue weighted by molar-refractivity contribution is 0.0603. The number of carbonyl (C=O) groups excluding carboxylic acids is 1. The van der Waals surface area contributed by atoms with Crippen LogP contribution in [0.2, 0.25) is 0 Å². The standard InChI is InChI=1S/C10H9NO2S2/c1-13-10(12)8-7(14-2)6-4-3-5-11-9(6)15-8/h3-5H,1-2H3.